The number of rotatable bonds is 0. The van der Waals surface area contributed by atoms with Gasteiger partial charge in [0.25, 0.3) is 0 Å². The summed E-state index contributed by atoms with van der Waals surface area (Å²) in [5.74, 6) is 0.981. The minimum absolute atomic E-state index is 0.670. The first-order valence-electron chi connectivity index (χ1n) is 6.74. The molecule has 0 aromatic heterocycles. The fourth-order valence-electron chi connectivity index (χ4n) is 2.41. The van der Waals surface area contributed by atoms with E-state index in [1.807, 2.05) is 0 Å². The molecule has 0 aliphatic carbocycles. The maximum Gasteiger partial charge on any atom is 0.127 e. The van der Waals surface area contributed by atoms with Crippen LogP contribution in [0.4, 0.5) is 0 Å². The predicted octanol–water partition coefficient (Wildman–Crippen LogP) is 3.96. The van der Waals surface area contributed by atoms with E-state index in [-0.39, 0.29) is 0 Å². The maximum absolute atomic E-state index is 5.92. The average Bonchev–Trinajstić information content (AvgIpc) is 2.44. The molecule has 0 atom stereocenters. The van der Waals surface area contributed by atoms with Crippen molar-refractivity contribution in [1.82, 2.24) is 0 Å². The quantitative estimate of drug-likeness (QED) is 0.708. The summed E-state index contributed by atoms with van der Waals surface area (Å²) in [4.78, 5) is 0. The third-order valence-corrected chi connectivity index (χ3v) is 3.39. The average molecular weight is 254 g/mol. The van der Waals surface area contributed by atoms with E-state index in [1.54, 1.807) is 0 Å². The van der Waals surface area contributed by atoms with E-state index in [0.29, 0.717) is 13.2 Å². The van der Waals surface area contributed by atoms with Crippen LogP contribution >= 0.6 is 0 Å². The Morgan fingerprint density at radius 2 is 1.84 bits per heavy atom. The van der Waals surface area contributed by atoms with Gasteiger partial charge in [-0.25, -0.2) is 0 Å². The van der Waals surface area contributed by atoms with Crippen LogP contribution in [0.1, 0.15) is 17.5 Å². The largest absolute Gasteiger partial charge is 0.493 e. The normalized spacial score (nSPS) is 15.0. The summed E-state index contributed by atoms with van der Waals surface area (Å²) in [5.41, 5.74) is 4.81. The summed E-state index contributed by atoms with van der Waals surface area (Å²) >= 11 is 0. The zero-order chi connectivity index (χ0) is 13.1. The van der Waals surface area contributed by atoms with Gasteiger partial charge in [0.15, 0.2) is 0 Å². The maximum atomic E-state index is 5.92. The second-order valence-corrected chi connectivity index (χ2v) is 4.91. The van der Waals surface area contributed by atoms with Gasteiger partial charge in [-0.2, -0.15) is 0 Å². The standard InChI is InChI=1S/C17H18O2/c1-13-7-8-16-15-6-3-2-5-14(15)12-18-9-4-10-19-17(16)11-13/h2-3,5-8,11H,4,9-10,12H2,1H3. The molecule has 1 aliphatic rings. The third kappa shape index (κ3) is 2.64. The first-order valence-corrected chi connectivity index (χ1v) is 6.74. The molecule has 0 spiro atoms. The van der Waals surface area contributed by atoms with Gasteiger partial charge in [0, 0.05) is 12.0 Å². The van der Waals surface area contributed by atoms with Gasteiger partial charge in [-0.05, 0) is 29.7 Å². The summed E-state index contributed by atoms with van der Waals surface area (Å²) in [6.45, 7) is 4.22. The van der Waals surface area contributed by atoms with Gasteiger partial charge in [-0.3, -0.25) is 0 Å². The van der Waals surface area contributed by atoms with Crippen LogP contribution in [0.15, 0.2) is 42.5 Å². The fourth-order valence-corrected chi connectivity index (χ4v) is 2.41. The van der Waals surface area contributed by atoms with Crippen LogP contribution in [0.3, 0.4) is 0 Å². The van der Waals surface area contributed by atoms with Crippen LogP contribution in [-0.2, 0) is 11.3 Å². The van der Waals surface area contributed by atoms with Crippen molar-refractivity contribution in [3.63, 3.8) is 0 Å². The molecule has 98 valence electrons. The molecule has 0 fully saturated rings. The van der Waals surface area contributed by atoms with Gasteiger partial charge in [0.1, 0.15) is 5.75 Å². The van der Waals surface area contributed by atoms with Crippen molar-refractivity contribution in [2.75, 3.05) is 13.2 Å². The molecule has 2 heteroatoms. The smallest absolute Gasteiger partial charge is 0.127 e. The number of aryl methyl sites for hydroxylation is 1. The molecule has 1 heterocycles. The van der Waals surface area contributed by atoms with Crippen LogP contribution < -0.4 is 4.74 Å². The van der Waals surface area contributed by atoms with Gasteiger partial charge in [-0.15, -0.1) is 0 Å². The highest BCUT2D eigenvalue weighted by molar-refractivity contribution is 5.73. The molecule has 2 aromatic carbocycles. The molecule has 0 N–H and O–H groups in total. The second-order valence-electron chi connectivity index (χ2n) is 4.91. The molecule has 2 nitrogen and oxygen atoms in total. The predicted molar refractivity (Wildman–Crippen MR) is 76.4 cm³/mol. The summed E-state index contributed by atoms with van der Waals surface area (Å²) < 4.78 is 11.6. The van der Waals surface area contributed by atoms with Crippen molar-refractivity contribution < 1.29 is 9.47 Å². The summed E-state index contributed by atoms with van der Waals surface area (Å²) in [7, 11) is 0. The molecular weight excluding hydrogens is 236 g/mol. The molecule has 0 saturated heterocycles. The van der Waals surface area contributed by atoms with Crippen molar-refractivity contribution in [2.45, 2.75) is 20.0 Å². The van der Waals surface area contributed by atoms with Crippen molar-refractivity contribution in [3.05, 3.63) is 53.6 Å². The van der Waals surface area contributed by atoms with Gasteiger partial charge < -0.3 is 9.47 Å². The Kier molecular flexibility index (Phi) is 3.51. The van der Waals surface area contributed by atoms with E-state index in [9.17, 15) is 0 Å². The zero-order valence-electron chi connectivity index (χ0n) is 11.2. The molecule has 0 unspecified atom stereocenters. The first kappa shape index (κ1) is 12.2. The fraction of sp³-hybridized carbons (Fsp3) is 0.294. The van der Waals surface area contributed by atoms with E-state index in [0.717, 1.165) is 24.3 Å². The van der Waals surface area contributed by atoms with Gasteiger partial charge >= 0.3 is 0 Å². The second kappa shape index (κ2) is 5.45. The highest BCUT2D eigenvalue weighted by Crippen LogP contribution is 2.34. The van der Waals surface area contributed by atoms with E-state index < -0.39 is 0 Å². The molecular formula is C17H18O2. The van der Waals surface area contributed by atoms with Gasteiger partial charge in [0.2, 0.25) is 0 Å². The Morgan fingerprint density at radius 3 is 2.79 bits per heavy atom. The Balaban J connectivity index is 2.14. The lowest BCUT2D eigenvalue weighted by atomic mass is 9.98. The molecule has 0 bridgehead atoms. The molecule has 1 aliphatic heterocycles. The van der Waals surface area contributed by atoms with Crippen LogP contribution in [0.2, 0.25) is 0 Å². The number of ether oxygens (including phenoxy) is 2. The minimum Gasteiger partial charge on any atom is -0.493 e. The molecule has 0 amide bonds. The number of hydrogen-bond acceptors (Lipinski definition) is 2. The topological polar surface area (TPSA) is 18.5 Å². The van der Waals surface area contributed by atoms with Crippen molar-refractivity contribution in [1.29, 1.82) is 0 Å². The first-order chi connectivity index (χ1) is 9.34. The van der Waals surface area contributed by atoms with E-state index in [4.69, 9.17) is 9.47 Å². The highest BCUT2D eigenvalue weighted by Gasteiger charge is 2.12. The SMILES string of the molecule is Cc1ccc2c(c1)OCCCOCc1ccccc1-2. The van der Waals surface area contributed by atoms with Crippen LogP contribution in [0, 0.1) is 6.92 Å². The van der Waals surface area contributed by atoms with Crippen LogP contribution in [0.25, 0.3) is 11.1 Å². The molecule has 0 radical (unpaired) electrons. The van der Waals surface area contributed by atoms with E-state index >= 15 is 0 Å². The van der Waals surface area contributed by atoms with Gasteiger partial charge in [-0.1, -0.05) is 36.4 Å². The van der Waals surface area contributed by atoms with Crippen molar-refractivity contribution in [3.8, 4) is 16.9 Å². The zero-order valence-corrected chi connectivity index (χ0v) is 11.2. The number of hydrogen-bond donors (Lipinski definition) is 0. The Labute approximate surface area is 114 Å². The molecule has 0 saturated carbocycles. The molecule has 2 aromatic rings. The Bertz CT molecular complexity index is 575. The monoisotopic (exact) mass is 254 g/mol. The number of benzene rings is 2. The lowest BCUT2D eigenvalue weighted by molar-refractivity contribution is 0.106. The minimum atomic E-state index is 0.670. The Hall–Kier alpha value is -1.80. The Morgan fingerprint density at radius 1 is 0.947 bits per heavy atom. The summed E-state index contributed by atoms with van der Waals surface area (Å²) in [6.07, 6.45) is 0.926. The third-order valence-electron chi connectivity index (χ3n) is 3.39. The van der Waals surface area contributed by atoms with Crippen molar-refractivity contribution >= 4 is 0 Å². The van der Waals surface area contributed by atoms with Crippen LogP contribution in [-0.4, -0.2) is 13.2 Å². The lowest BCUT2D eigenvalue weighted by Crippen LogP contribution is -2.07. The number of fused-ring (bicyclic) bond motifs is 3. The van der Waals surface area contributed by atoms with E-state index in [2.05, 4.69) is 49.4 Å². The summed E-state index contributed by atoms with van der Waals surface area (Å²) in [6, 6.07) is 14.8. The highest BCUT2D eigenvalue weighted by atomic mass is 16.5. The van der Waals surface area contributed by atoms with Gasteiger partial charge in [0.05, 0.1) is 19.8 Å². The molecule has 19 heavy (non-hydrogen) atoms. The molecule has 3 rings (SSSR count). The van der Waals surface area contributed by atoms with E-state index in [1.165, 1.54) is 16.7 Å². The summed E-state index contributed by atoms with van der Waals surface area (Å²) in [5, 5.41) is 0. The lowest BCUT2D eigenvalue weighted by Gasteiger charge is -2.17. The van der Waals surface area contributed by atoms with Crippen molar-refractivity contribution in [2.24, 2.45) is 0 Å². The van der Waals surface area contributed by atoms with Crippen LogP contribution in [0.5, 0.6) is 5.75 Å².